The third-order valence-electron chi connectivity index (χ3n) is 4.97. The number of benzene rings is 2. The van der Waals surface area contributed by atoms with E-state index < -0.39 is 12.8 Å². The van der Waals surface area contributed by atoms with Crippen molar-refractivity contribution in [1.29, 1.82) is 0 Å². The molecule has 1 fully saturated rings. The largest absolute Gasteiger partial charge is 0.484 e. The lowest BCUT2D eigenvalue weighted by atomic mass is 9.96. The van der Waals surface area contributed by atoms with Gasteiger partial charge >= 0.3 is 12.2 Å². The molecule has 1 aliphatic rings. The van der Waals surface area contributed by atoms with Gasteiger partial charge in [-0.15, -0.1) is 0 Å². The van der Waals surface area contributed by atoms with Crippen LogP contribution in [0.15, 0.2) is 54.6 Å². The maximum absolute atomic E-state index is 12.4. The van der Waals surface area contributed by atoms with Gasteiger partial charge in [0.25, 0.3) is 0 Å². The van der Waals surface area contributed by atoms with Crippen LogP contribution in [0.3, 0.4) is 0 Å². The van der Waals surface area contributed by atoms with Crippen molar-refractivity contribution in [3.8, 4) is 5.75 Å². The number of para-hydroxylation sites is 1. The summed E-state index contributed by atoms with van der Waals surface area (Å²) in [5.41, 5.74) is 1.48. The normalized spacial score (nSPS) is 14.7. The fourth-order valence-electron chi connectivity index (χ4n) is 3.27. The number of likely N-dealkylation sites (tertiary alicyclic amines) is 1. The van der Waals surface area contributed by atoms with Crippen molar-refractivity contribution >= 4 is 17.6 Å². The molecule has 3 amide bonds. The van der Waals surface area contributed by atoms with Gasteiger partial charge in [0.15, 0.2) is 6.61 Å². The van der Waals surface area contributed by atoms with Crippen LogP contribution in [-0.4, -0.2) is 42.7 Å². The summed E-state index contributed by atoms with van der Waals surface area (Å²) < 4.78 is 41.2. The number of nitrogens with zero attached hydrogens (tertiary/aromatic N) is 1. The van der Waals surface area contributed by atoms with Crippen LogP contribution in [0.25, 0.3) is 0 Å². The van der Waals surface area contributed by atoms with Crippen LogP contribution < -0.4 is 15.4 Å². The molecular formula is C22H24F3N3O3. The number of urea groups is 1. The number of alkyl halides is 3. The molecule has 3 rings (SSSR count). The number of anilines is 1. The lowest BCUT2D eigenvalue weighted by Crippen LogP contribution is -2.44. The average molecular weight is 435 g/mol. The van der Waals surface area contributed by atoms with Crippen LogP contribution in [0, 0.1) is 5.92 Å². The minimum atomic E-state index is -4.38. The Labute approximate surface area is 178 Å². The minimum Gasteiger partial charge on any atom is -0.484 e. The molecule has 6 nitrogen and oxygen atoms in total. The van der Waals surface area contributed by atoms with Crippen molar-refractivity contribution < 1.29 is 27.5 Å². The van der Waals surface area contributed by atoms with Crippen LogP contribution >= 0.6 is 0 Å². The molecule has 0 aromatic heterocycles. The highest BCUT2D eigenvalue weighted by Gasteiger charge is 2.29. The van der Waals surface area contributed by atoms with Gasteiger partial charge in [-0.05, 0) is 42.7 Å². The number of nitrogens with one attached hydrogen (secondary N) is 2. The van der Waals surface area contributed by atoms with Crippen molar-refractivity contribution in [1.82, 2.24) is 10.2 Å². The minimum absolute atomic E-state index is 0.0967. The number of carbonyl (C=O) groups excluding carboxylic acids is 2. The van der Waals surface area contributed by atoms with Gasteiger partial charge < -0.3 is 20.3 Å². The Hall–Kier alpha value is -3.23. The Morgan fingerprint density at radius 3 is 2.26 bits per heavy atom. The average Bonchev–Trinajstić information content (AvgIpc) is 2.77. The van der Waals surface area contributed by atoms with E-state index in [1.165, 1.54) is 12.1 Å². The van der Waals surface area contributed by atoms with Crippen LogP contribution in [0.5, 0.6) is 5.75 Å². The molecule has 0 radical (unpaired) electrons. The monoisotopic (exact) mass is 435 g/mol. The van der Waals surface area contributed by atoms with E-state index in [0.29, 0.717) is 25.9 Å². The number of halogens is 3. The summed E-state index contributed by atoms with van der Waals surface area (Å²) in [4.78, 5) is 26.5. The predicted molar refractivity (Wildman–Crippen MR) is 110 cm³/mol. The molecule has 0 bridgehead atoms. The first-order valence-electron chi connectivity index (χ1n) is 9.97. The van der Waals surface area contributed by atoms with Gasteiger partial charge in [-0.2, -0.15) is 13.2 Å². The van der Waals surface area contributed by atoms with Crippen LogP contribution in [-0.2, 0) is 11.3 Å². The maximum Gasteiger partial charge on any atom is 0.422 e. The van der Waals surface area contributed by atoms with Gasteiger partial charge in [0.1, 0.15) is 5.75 Å². The molecule has 2 aromatic rings. The fraction of sp³-hybridized carbons (Fsp3) is 0.364. The molecule has 0 unspecified atom stereocenters. The summed E-state index contributed by atoms with van der Waals surface area (Å²) >= 11 is 0. The van der Waals surface area contributed by atoms with E-state index in [1.807, 2.05) is 30.3 Å². The third kappa shape index (κ3) is 7.20. The summed E-state index contributed by atoms with van der Waals surface area (Å²) in [6, 6.07) is 15.1. The molecule has 0 spiro atoms. The third-order valence-corrected chi connectivity index (χ3v) is 4.97. The van der Waals surface area contributed by atoms with Crippen molar-refractivity contribution in [3.63, 3.8) is 0 Å². The SMILES string of the molecule is O=C(NCc1ccc(OCC(F)(F)F)cc1)C1CCN(C(=O)Nc2ccccc2)CC1. The molecule has 1 aliphatic heterocycles. The van der Waals surface area contributed by atoms with Crippen molar-refractivity contribution in [3.05, 3.63) is 60.2 Å². The highest BCUT2D eigenvalue weighted by molar-refractivity contribution is 5.89. The van der Waals surface area contributed by atoms with E-state index >= 15 is 0 Å². The van der Waals surface area contributed by atoms with Gasteiger partial charge in [0.05, 0.1) is 0 Å². The van der Waals surface area contributed by atoms with Crippen LogP contribution in [0.4, 0.5) is 23.7 Å². The van der Waals surface area contributed by atoms with Gasteiger partial charge in [0, 0.05) is 31.2 Å². The number of rotatable bonds is 6. The molecule has 9 heteroatoms. The quantitative estimate of drug-likeness (QED) is 0.715. The van der Waals surface area contributed by atoms with E-state index in [-0.39, 0.29) is 30.2 Å². The van der Waals surface area contributed by atoms with Gasteiger partial charge in [-0.3, -0.25) is 4.79 Å². The van der Waals surface area contributed by atoms with Crippen LogP contribution in [0.1, 0.15) is 18.4 Å². The van der Waals surface area contributed by atoms with Crippen molar-refractivity contribution in [2.75, 3.05) is 25.0 Å². The second-order valence-electron chi connectivity index (χ2n) is 7.32. The topological polar surface area (TPSA) is 70.7 Å². The number of amides is 3. The summed E-state index contributed by atoms with van der Waals surface area (Å²) in [6.45, 7) is -0.0950. The zero-order valence-electron chi connectivity index (χ0n) is 16.8. The summed E-state index contributed by atoms with van der Waals surface area (Å²) in [5.74, 6) is -0.163. The number of ether oxygens (including phenoxy) is 1. The first kappa shape index (κ1) is 22.5. The number of piperidine rings is 1. The smallest absolute Gasteiger partial charge is 0.422 e. The van der Waals surface area contributed by atoms with E-state index in [4.69, 9.17) is 0 Å². The summed E-state index contributed by atoms with van der Waals surface area (Å²) in [6.07, 6.45) is -3.25. The molecular weight excluding hydrogens is 411 g/mol. The Morgan fingerprint density at radius 1 is 1.00 bits per heavy atom. The molecule has 0 aliphatic carbocycles. The van der Waals surface area contributed by atoms with E-state index in [2.05, 4.69) is 15.4 Å². The lowest BCUT2D eigenvalue weighted by Gasteiger charge is -2.31. The molecule has 1 saturated heterocycles. The molecule has 31 heavy (non-hydrogen) atoms. The second-order valence-corrected chi connectivity index (χ2v) is 7.32. The molecule has 2 aromatic carbocycles. The molecule has 0 saturated carbocycles. The number of carbonyl (C=O) groups is 2. The summed E-state index contributed by atoms with van der Waals surface area (Å²) in [7, 11) is 0. The zero-order valence-corrected chi connectivity index (χ0v) is 16.8. The lowest BCUT2D eigenvalue weighted by molar-refractivity contribution is -0.153. The summed E-state index contributed by atoms with van der Waals surface area (Å²) in [5, 5.41) is 5.69. The Morgan fingerprint density at radius 2 is 1.65 bits per heavy atom. The number of hydrogen-bond donors (Lipinski definition) is 2. The number of hydrogen-bond acceptors (Lipinski definition) is 3. The first-order chi connectivity index (χ1) is 14.8. The van der Waals surface area contributed by atoms with Crippen molar-refractivity contribution in [2.24, 2.45) is 5.92 Å². The van der Waals surface area contributed by atoms with E-state index in [0.717, 1.165) is 11.3 Å². The predicted octanol–water partition coefficient (Wildman–Crippen LogP) is 4.19. The highest BCUT2D eigenvalue weighted by atomic mass is 19.4. The highest BCUT2D eigenvalue weighted by Crippen LogP contribution is 2.20. The molecule has 0 atom stereocenters. The van der Waals surface area contributed by atoms with Gasteiger partial charge in [-0.25, -0.2) is 4.79 Å². The standard InChI is InChI=1S/C22H24F3N3O3/c23-22(24,25)15-31-19-8-6-16(7-9-19)14-26-20(29)17-10-12-28(13-11-17)21(30)27-18-4-2-1-3-5-18/h1-9,17H,10-15H2,(H,26,29)(H,27,30). The molecule has 1 heterocycles. The zero-order chi connectivity index (χ0) is 22.3. The Kier molecular flexibility index (Phi) is 7.38. The maximum atomic E-state index is 12.4. The van der Waals surface area contributed by atoms with E-state index in [9.17, 15) is 22.8 Å². The van der Waals surface area contributed by atoms with Gasteiger partial charge in [0.2, 0.25) is 5.91 Å². The Balaban J connectivity index is 1.39. The van der Waals surface area contributed by atoms with Crippen molar-refractivity contribution in [2.45, 2.75) is 25.6 Å². The van der Waals surface area contributed by atoms with Crippen LogP contribution in [0.2, 0.25) is 0 Å². The second kappa shape index (κ2) is 10.2. The van der Waals surface area contributed by atoms with E-state index in [1.54, 1.807) is 17.0 Å². The molecule has 2 N–H and O–H groups in total. The Bertz CT molecular complexity index is 865. The first-order valence-corrected chi connectivity index (χ1v) is 9.97. The fourth-order valence-corrected chi connectivity index (χ4v) is 3.27. The molecule has 166 valence electrons. The van der Waals surface area contributed by atoms with Gasteiger partial charge in [-0.1, -0.05) is 30.3 Å².